The normalized spacial score (nSPS) is 19.0. The fraction of sp³-hybridized carbons (Fsp3) is 0.538. The molecule has 0 saturated heterocycles. The summed E-state index contributed by atoms with van der Waals surface area (Å²) in [7, 11) is 3.19. The molecule has 0 aliphatic carbocycles. The number of fused-ring (bicyclic) bond motifs is 1. The summed E-state index contributed by atoms with van der Waals surface area (Å²) in [6, 6.07) is 3.34. The minimum Gasteiger partial charge on any atom is -0.497 e. The minimum absolute atomic E-state index is 0.0414. The van der Waals surface area contributed by atoms with Crippen molar-refractivity contribution in [2.45, 2.75) is 12.6 Å². The van der Waals surface area contributed by atoms with Crippen molar-refractivity contribution in [2.24, 2.45) is 5.73 Å². The fourth-order valence-electron chi connectivity index (χ4n) is 2.44. The van der Waals surface area contributed by atoms with Crippen LogP contribution in [0.3, 0.4) is 0 Å². The third-order valence-electron chi connectivity index (χ3n) is 3.41. The van der Waals surface area contributed by atoms with Crippen molar-refractivity contribution in [1.82, 2.24) is 4.90 Å². The van der Waals surface area contributed by atoms with Crippen LogP contribution in [0.5, 0.6) is 5.75 Å². The van der Waals surface area contributed by atoms with Crippen LogP contribution in [0.2, 0.25) is 0 Å². The average molecular weight is 254 g/mol. The van der Waals surface area contributed by atoms with E-state index in [2.05, 4.69) is 4.90 Å². The van der Waals surface area contributed by atoms with Gasteiger partial charge in [0.05, 0.1) is 13.7 Å². The second-order valence-electron chi connectivity index (χ2n) is 4.39. The van der Waals surface area contributed by atoms with E-state index in [9.17, 15) is 4.39 Å². The Morgan fingerprint density at radius 3 is 2.83 bits per heavy atom. The van der Waals surface area contributed by atoms with Crippen LogP contribution < -0.4 is 10.5 Å². The van der Waals surface area contributed by atoms with Crippen molar-refractivity contribution in [3.05, 3.63) is 29.1 Å². The van der Waals surface area contributed by atoms with E-state index < -0.39 is 0 Å². The zero-order valence-electron chi connectivity index (χ0n) is 10.8. The third-order valence-corrected chi connectivity index (χ3v) is 3.41. The number of methoxy groups -OCH3 is 2. The third kappa shape index (κ3) is 2.34. The lowest BCUT2D eigenvalue weighted by Crippen LogP contribution is -2.30. The average Bonchev–Trinajstić information content (AvgIpc) is 2.74. The maximum Gasteiger partial charge on any atom is 0.131 e. The lowest BCUT2D eigenvalue weighted by molar-refractivity contribution is 0.127. The summed E-state index contributed by atoms with van der Waals surface area (Å²) in [5.74, 6) is 0.320. The molecule has 5 heteroatoms. The van der Waals surface area contributed by atoms with Crippen LogP contribution in [0.15, 0.2) is 12.1 Å². The molecule has 0 fully saturated rings. The van der Waals surface area contributed by atoms with E-state index in [0.717, 1.165) is 17.7 Å². The maximum atomic E-state index is 14.0. The molecular weight excluding hydrogens is 235 g/mol. The number of hydrogen-bond acceptors (Lipinski definition) is 4. The molecule has 4 nitrogen and oxygen atoms in total. The van der Waals surface area contributed by atoms with Gasteiger partial charge in [0.1, 0.15) is 11.6 Å². The van der Waals surface area contributed by atoms with Crippen molar-refractivity contribution in [1.29, 1.82) is 0 Å². The van der Waals surface area contributed by atoms with E-state index >= 15 is 0 Å². The number of hydrogen-bond donors (Lipinski definition) is 1. The molecule has 0 radical (unpaired) electrons. The first-order valence-electron chi connectivity index (χ1n) is 6.00. The Morgan fingerprint density at radius 2 is 2.22 bits per heavy atom. The molecule has 0 saturated carbocycles. The predicted octanol–water partition coefficient (Wildman–Crippen LogP) is 1.30. The minimum atomic E-state index is -0.220. The van der Waals surface area contributed by atoms with Crippen LogP contribution >= 0.6 is 0 Å². The Morgan fingerprint density at radius 1 is 1.44 bits per heavy atom. The number of benzene rings is 1. The topological polar surface area (TPSA) is 47.7 Å². The Hall–Kier alpha value is -1.17. The summed E-state index contributed by atoms with van der Waals surface area (Å²) >= 11 is 0. The number of ether oxygens (including phenoxy) is 2. The molecule has 1 unspecified atom stereocenters. The molecule has 1 aromatic rings. The van der Waals surface area contributed by atoms with Crippen molar-refractivity contribution in [3.8, 4) is 5.75 Å². The summed E-state index contributed by atoms with van der Waals surface area (Å²) in [5, 5.41) is 0. The number of rotatable bonds is 5. The van der Waals surface area contributed by atoms with Gasteiger partial charge in [-0.3, -0.25) is 4.90 Å². The van der Waals surface area contributed by atoms with Crippen molar-refractivity contribution in [3.63, 3.8) is 0 Å². The molecule has 1 atom stereocenters. The van der Waals surface area contributed by atoms with Gasteiger partial charge in [-0.05, 0) is 11.6 Å². The highest BCUT2D eigenvalue weighted by Crippen LogP contribution is 2.36. The first kappa shape index (κ1) is 13.3. The van der Waals surface area contributed by atoms with Gasteiger partial charge in [0, 0.05) is 44.4 Å². The molecule has 1 aliphatic heterocycles. The Labute approximate surface area is 106 Å². The number of nitrogens with zero attached hydrogens (tertiary/aromatic N) is 1. The molecule has 0 spiro atoms. The molecule has 1 aliphatic rings. The quantitative estimate of drug-likeness (QED) is 0.860. The summed E-state index contributed by atoms with van der Waals surface area (Å²) < 4.78 is 24.1. The van der Waals surface area contributed by atoms with Gasteiger partial charge in [0.15, 0.2) is 0 Å². The van der Waals surface area contributed by atoms with Gasteiger partial charge in [-0.25, -0.2) is 4.39 Å². The van der Waals surface area contributed by atoms with E-state index in [1.54, 1.807) is 7.11 Å². The highest BCUT2D eigenvalue weighted by atomic mass is 19.1. The standard InChI is InChI=1S/C13H19FN2O2/c1-17-4-3-16-8-11-10(13(16)7-15)5-9(18-2)6-12(11)14/h5-6,13H,3-4,7-8,15H2,1-2H3. The maximum absolute atomic E-state index is 14.0. The van der Waals surface area contributed by atoms with Gasteiger partial charge < -0.3 is 15.2 Å². The van der Waals surface area contributed by atoms with Gasteiger partial charge in [-0.15, -0.1) is 0 Å². The van der Waals surface area contributed by atoms with E-state index in [-0.39, 0.29) is 11.9 Å². The molecule has 100 valence electrons. The van der Waals surface area contributed by atoms with Crippen LogP contribution in [0, 0.1) is 5.82 Å². The number of nitrogens with two attached hydrogens (primary N) is 1. The Bertz CT molecular complexity index is 426. The second-order valence-corrected chi connectivity index (χ2v) is 4.39. The van der Waals surface area contributed by atoms with Crippen molar-refractivity contribution < 1.29 is 13.9 Å². The van der Waals surface area contributed by atoms with Crippen LogP contribution in [-0.4, -0.2) is 38.8 Å². The predicted molar refractivity (Wildman–Crippen MR) is 67.0 cm³/mol. The van der Waals surface area contributed by atoms with E-state index in [1.807, 2.05) is 6.07 Å². The van der Waals surface area contributed by atoms with Gasteiger partial charge in [0.2, 0.25) is 0 Å². The highest BCUT2D eigenvalue weighted by Gasteiger charge is 2.31. The highest BCUT2D eigenvalue weighted by molar-refractivity contribution is 5.41. The lowest BCUT2D eigenvalue weighted by atomic mass is 10.0. The number of halogens is 1. The molecule has 0 aromatic heterocycles. The summed E-state index contributed by atoms with van der Waals surface area (Å²) in [4.78, 5) is 2.14. The van der Waals surface area contributed by atoms with Crippen molar-refractivity contribution >= 4 is 0 Å². The van der Waals surface area contributed by atoms with E-state index in [0.29, 0.717) is 25.4 Å². The molecule has 18 heavy (non-hydrogen) atoms. The van der Waals surface area contributed by atoms with Gasteiger partial charge >= 0.3 is 0 Å². The van der Waals surface area contributed by atoms with Crippen molar-refractivity contribution in [2.75, 3.05) is 33.9 Å². The fourth-order valence-corrected chi connectivity index (χ4v) is 2.44. The second kappa shape index (κ2) is 5.65. The van der Waals surface area contributed by atoms with Gasteiger partial charge in [-0.1, -0.05) is 0 Å². The molecule has 0 bridgehead atoms. The first-order chi connectivity index (χ1) is 8.71. The SMILES string of the molecule is COCCN1Cc2c(F)cc(OC)cc2C1CN. The smallest absolute Gasteiger partial charge is 0.131 e. The van der Waals surface area contributed by atoms with E-state index in [4.69, 9.17) is 15.2 Å². The van der Waals surface area contributed by atoms with Gasteiger partial charge in [-0.2, -0.15) is 0 Å². The zero-order valence-corrected chi connectivity index (χ0v) is 10.8. The Kier molecular flexibility index (Phi) is 4.16. The molecule has 2 rings (SSSR count). The summed E-state index contributed by atoms with van der Waals surface area (Å²) in [6.07, 6.45) is 0. The van der Waals surface area contributed by atoms with E-state index in [1.165, 1.54) is 13.2 Å². The van der Waals surface area contributed by atoms with Gasteiger partial charge in [0.25, 0.3) is 0 Å². The Balaban J connectivity index is 2.29. The summed E-state index contributed by atoms with van der Waals surface area (Å²) in [6.45, 7) is 2.40. The first-order valence-corrected chi connectivity index (χ1v) is 6.00. The molecule has 2 N–H and O–H groups in total. The van der Waals surface area contributed by atoms with Crippen LogP contribution in [0.25, 0.3) is 0 Å². The lowest BCUT2D eigenvalue weighted by Gasteiger charge is -2.23. The monoisotopic (exact) mass is 254 g/mol. The summed E-state index contributed by atoms with van der Waals surface area (Å²) in [5.41, 5.74) is 7.47. The zero-order chi connectivity index (χ0) is 13.1. The largest absolute Gasteiger partial charge is 0.497 e. The van der Waals surface area contributed by atoms with Crippen LogP contribution in [0.4, 0.5) is 4.39 Å². The molecule has 1 heterocycles. The molecule has 1 aromatic carbocycles. The van der Waals surface area contributed by atoms with Crippen LogP contribution in [0.1, 0.15) is 17.2 Å². The molecule has 0 amide bonds. The molecular formula is C13H19FN2O2. The van der Waals surface area contributed by atoms with Crippen LogP contribution in [-0.2, 0) is 11.3 Å².